The Morgan fingerprint density at radius 2 is 1.81 bits per heavy atom. The van der Waals surface area contributed by atoms with E-state index in [9.17, 15) is 20.0 Å². The zero-order valence-electron chi connectivity index (χ0n) is 17.7. The number of aromatic hydroxyl groups is 1. The van der Waals surface area contributed by atoms with Gasteiger partial charge in [0.2, 0.25) is 5.75 Å². The zero-order chi connectivity index (χ0) is 22.9. The molecule has 0 aliphatic heterocycles. The van der Waals surface area contributed by atoms with Crippen LogP contribution in [0.4, 0.5) is 11.4 Å². The molecule has 0 spiro atoms. The minimum atomic E-state index is -0.611. The van der Waals surface area contributed by atoms with E-state index >= 15 is 0 Å². The summed E-state index contributed by atoms with van der Waals surface area (Å²) in [4.78, 5) is 27.1. The van der Waals surface area contributed by atoms with Crippen molar-refractivity contribution in [3.63, 3.8) is 0 Å². The minimum Gasteiger partial charge on any atom is -0.502 e. The van der Waals surface area contributed by atoms with Gasteiger partial charge in [0.15, 0.2) is 0 Å². The molecule has 0 heterocycles. The van der Waals surface area contributed by atoms with Crippen LogP contribution >= 0.6 is 0 Å². The highest BCUT2D eigenvalue weighted by Gasteiger charge is 2.18. The quantitative estimate of drug-likeness (QED) is 0.156. The predicted octanol–water partition coefficient (Wildman–Crippen LogP) is 5.60. The molecule has 32 heavy (non-hydrogen) atoms. The number of hydrogen-bond donors (Lipinski definition) is 1. The van der Waals surface area contributed by atoms with Gasteiger partial charge < -0.3 is 9.84 Å². The molecule has 0 aromatic heterocycles. The number of carbonyl (C=O) groups is 1. The van der Waals surface area contributed by atoms with Crippen LogP contribution in [-0.2, 0) is 11.2 Å². The Morgan fingerprint density at radius 3 is 2.47 bits per heavy atom. The molecular formula is C25H24N2O5. The fourth-order valence-electron chi connectivity index (χ4n) is 3.09. The molecule has 7 nitrogen and oxygen atoms in total. The number of rotatable bonds is 9. The van der Waals surface area contributed by atoms with Crippen molar-refractivity contribution in [2.75, 3.05) is 6.61 Å². The summed E-state index contributed by atoms with van der Waals surface area (Å²) < 4.78 is 5.18. The SMILES string of the molecule is CCCCOC(=O)c1ccc(N=Cc2cc(Cc3ccccc3)cc([N+](=O)[O-])c2O)cc1. The van der Waals surface area contributed by atoms with Crippen LogP contribution in [0.1, 0.15) is 46.8 Å². The summed E-state index contributed by atoms with van der Waals surface area (Å²) in [5, 5.41) is 21.8. The number of nitro groups is 1. The summed E-state index contributed by atoms with van der Waals surface area (Å²) in [6.07, 6.45) is 3.62. The van der Waals surface area contributed by atoms with Gasteiger partial charge in [-0.3, -0.25) is 15.1 Å². The molecule has 0 radical (unpaired) electrons. The summed E-state index contributed by atoms with van der Waals surface area (Å²) in [5.41, 5.74) is 2.51. The highest BCUT2D eigenvalue weighted by Crippen LogP contribution is 2.31. The number of nitro benzene ring substituents is 1. The molecule has 0 atom stereocenters. The summed E-state index contributed by atoms with van der Waals surface area (Å²) in [5.74, 6) is -0.831. The van der Waals surface area contributed by atoms with Crippen molar-refractivity contribution in [1.82, 2.24) is 0 Å². The maximum Gasteiger partial charge on any atom is 0.338 e. The third kappa shape index (κ3) is 6.01. The van der Waals surface area contributed by atoms with E-state index < -0.39 is 16.6 Å². The van der Waals surface area contributed by atoms with E-state index in [2.05, 4.69) is 4.99 Å². The molecule has 1 N–H and O–H groups in total. The third-order valence-corrected chi connectivity index (χ3v) is 4.81. The maximum absolute atomic E-state index is 12.0. The van der Waals surface area contributed by atoms with E-state index in [1.165, 1.54) is 12.3 Å². The van der Waals surface area contributed by atoms with E-state index in [0.717, 1.165) is 18.4 Å². The molecule has 0 saturated carbocycles. The molecule has 0 saturated heterocycles. The lowest BCUT2D eigenvalue weighted by Gasteiger charge is -2.07. The van der Waals surface area contributed by atoms with Crippen LogP contribution in [-0.4, -0.2) is 28.8 Å². The maximum atomic E-state index is 12.0. The molecule has 164 valence electrons. The first kappa shape index (κ1) is 22.7. The summed E-state index contributed by atoms with van der Waals surface area (Å²) in [6, 6.07) is 19.1. The Morgan fingerprint density at radius 1 is 1.09 bits per heavy atom. The molecule has 3 aromatic rings. The van der Waals surface area contributed by atoms with E-state index in [-0.39, 0.29) is 11.3 Å². The molecule has 3 rings (SSSR count). The minimum absolute atomic E-state index is 0.244. The Hall–Kier alpha value is -4.00. The fourth-order valence-corrected chi connectivity index (χ4v) is 3.09. The number of unbranched alkanes of at least 4 members (excludes halogenated alkanes) is 1. The molecule has 0 fully saturated rings. The monoisotopic (exact) mass is 432 g/mol. The molecule has 0 aliphatic rings. The molecule has 3 aromatic carbocycles. The van der Waals surface area contributed by atoms with Crippen molar-refractivity contribution in [2.45, 2.75) is 26.2 Å². The predicted molar refractivity (Wildman–Crippen MR) is 123 cm³/mol. The smallest absolute Gasteiger partial charge is 0.338 e. The number of carbonyl (C=O) groups excluding carboxylic acids is 1. The van der Waals surface area contributed by atoms with Gasteiger partial charge in [0.25, 0.3) is 0 Å². The lowest BCUT2D eigenvalue weighted by Crippen LogP contribution is -2.05. The number of ether oxygens (including phenoxy) is 1. The standard InChI is InChI=1S/C25H24N2O5/c1-2-3-13-32-25(29)20-9-11-22(12-10-20)26-17-21-15-19(14-18-7-5-4-6-8-18)16-23(24(21)28)27(30)31/h4-12,15-17,28H,2-3,13-14H2,1H3. The van der Waals surface area contributed by atoms with Gasteiger partial charge in [-0.05, 0) is 54.3 Å². The van der Waals surface area contributed by atoms with Crippen molar-refractivity contribution < 1.29 is 19.6 Å². The average molecular weight is 432 g/mol. The van der Waals surface area contributed by atoms with Gasteiger partial charge in [0, 0.05) is 17.8 Å². The molecule has 0 amide bonds. The first-order valence-corrected chi connectivity index (χ1v) is 10.3. The highest BCUT2D eigenvalue weighted by molar-refractivity contribution is 5.90. The Kier molecular flexibility index (Phi) is 7.70. The van der Waals surface area contributed by atoms with E-state index in [1.807, 2.05) is 37.3 Å². The number of benzene rings is 3. The lowest BCUT2D eigenvalue weighted by atomic mass is 10.0. The Labute approximate surface area is 186 Å². The van der Waals surface area contributed by atoms with Gasteiger partial charge in [-0.25, -0.2) is 4.79 Å². The van der Waals surface area contributed by atoms with E-state index in [4.69, 9.17) is 4.74 Å². The number of phenolic OH excluding ortho intramolecular Hbond substituents is 1. The number of esters is 1. The zero-order valence-corrected chi connectivity index (χ0v) is 17.7. The van der Waals surface area contributed by atoms with Gasteiger partial charge in [-0.1, -0.05) is 43.7 Å². The van der Waals surface area contributed by atoms with Crippen molar-refractivity contribution in [2.24, 2.45) is 4.99 Å². The second-order valence-corrected chi connectivity index (χ2v) is 7.27. The van der Waals surface area contributed by atoms with Crippen molar-refractivity contribution in [3.8, 4) is 5.75 Å². The first-order valence-electron chi connectivity index (χ1n) is 10.3. The van der Waals surface area contributed by atoms with Gasteiger partial charge in [-0.2, -0.15) is 0 Å². The first-order chi connectivity index (χ1) is 15.5. The van der Waals surface area contributed by atoms with Crippen LogP contribution in [0.15, 0.2) is 71.7 Å². The largest absolute Gasteiger partial charge is 0.502 e. The summed E-state index contributed by atoms with van der Waals surface area (Å²) in [7, 11) is 0. The van der Waals surface area contributed by atoms with Gasteiger partial charge in [-0.15, -0.1) is 0 Å². The fraction of sp³-hybridized carbons (Fsp3) is 0.200. The molecule has 0 unspecified atom stereocenters. The summed E-state index contributed by atoms with van der Waals surface area (Å²) in [6.45, 7) is 2.40. The molecule has 0 bridgehead atoms. The normalized spacial score (nSPS) is 10.9. The van der Waals surface area contributed by atoms with Crippen LogP contribution in [0, 0.1) is 10.1 Å². The van der Waals surface area contributed by atoms with Gasteiger partial charge in [0.1, 0.15) is 0 Å². The molecule has 7 heteroatoms. The van der Waals surface area contributed by atoms with Crippen LogP contribution in [0.25, 0.3) is 0 Å². The van der Waals surface area contributed by atoms with Crippen molar-refractivity contribution in [1.29, 1.82) is 0 Å². The average Bonchev–Trinajstić information content (AvgIpc) is 2.80. The van der Waals surface area contributed by atoms with Gasteiger partial charge in [0.05, 0.1) is 22.8 Å². The van der Waals surface area contributed by atoms with Gasteiger partial charge >= 0.3 is 11.7 Å². The van der Waals surface area contributed by atoms with Crippen molar-refractivity contribution >= 4 is 23.6 Å². The summed E-state index contributed by atoms with van der Waals surface area (Å²) >= 11 is 0. The lowest BCUT2D eigenvalue weighted by molar-refractivity contribution is -0.385. The van der Waals surface area contributed by atoms with E-state index in [1.54, 1.807) is 30.3 Å². The highest BCUT2D eigenvalue weighted by atomic mass is 16.6. The molecular weight excluding hydrogens is 408 g/mol. The molecule has 0 aliphatic carbocycles. The second-order valence-electron chi connectivity index (χ2n) is 7.27. The van der Waals surface area contributed by atoms with Crippen LogP contribution in [0.2, 0.25) is 0 Å². The van der Waals surface area contributed by atoms with E-state index in [0.29, 0.717) is 29.8 Å². The van der Waals surface area contributed by atoms with Crippen LogP contribution in [0.5, 0.6) is 5.75 Å². The number of hydrogen-bond acceptors (Lipinski definition) is 6. The number of aliphatic imine (C=N–C) groups is 1. The van der Waals surface area contributed by atoms with Crippen LogP contribution < -0.4 is 0 Å². The van der Waals surface area contributed by atoms with Crippen LogP contribution in [0.3, 0.4) is 0 Å². The number of phenols is 1. The second kappa shape index (κ2) is 10.9. The Bertz CT molecular complexity index is 1110. The topological polar surface area (TPSA) is 102 Å². The third-order valence-electron chi connectivity index (χ3n) is 4.81. The Balaban J connectivity index is 1.81. The number of nitrogens with zero attached hydrogens (tertiary/aromatic N) is 2. The van der Waals surface area contributed by atoms with Crippen molar-refractivity contribution in [3.05, 3.63) is 99.1 Å².